The van der Waals surface area contributed by atoms with Crippen molar-refractivity contribution in [2.75, 3.05) is 12.0 Å². The second kappa shape index (κ2) is 9.38. The minimum absolute atomic E-state index is 0.0708. The molecule has 2 atom stereocenters. The first-order valence-corrected chi connectivity index (χ1v) is 11.3. The van der Waals surface area contributed by atoms with Crippen LogP contribution in [0.5, 0.6) is 0 Å². The average molecular weight is 401 g/mol. The van der Waals surface area contributed by atoms with Crippen LogP contribution in [-0.4, -0.2) is 50.5 Å². The maximum atomic E-state index is 12.5. The minimum atomic E-state index is -3.86. The van der Waals surface area contributed by atoms with Crippen molar-refractivity contribution in [3.8, 4) is 0 Å². The highest BCUT2D eigenvalue weighted by Crippen LogP contribution is 2.19. The molecular weight excluding hydrogens is 376 g/mol. The molecule has 0 bridgehead atoms. The molecule has 0 aliphatic heterocycles. The van der Waals surface area contributed by atoms with Gasteiger partial charge in [-0.1, -0.05) is 18.2 Å². The molecular formula is C17H24N2O5S2. The number of benzene rings is 1. The predicted octanol–water partition coefficient (Wildman–Crippen LogP) is 1.30. The zero-order valence-electron chi connectivity index (χ0n) is 14.8. The number of amides is 1. The first-order chi connectivity index (χ1) is 12.3. The van der Waals surface area contributed by atoms with E-state index in [4.69, 9.17) is 4.74 Å². The largest absolute Gasteiger partial charge is 0.451 e. The lowest BCUT2D eigenvalue weighted by Crippen LogP contribution is -2.45. The van der Waals surface area contributed by atoms with Crippen LogP contribution >= 0.6 is 11.8 Å². The van der Waals surface area contributed by atoms with Crippen LogP contribution in [0, 0.1) is 0 Å². The molecule has 2 rings (SSSR count). The normalized spacial score (nSPS) is 16.5. The minimum Gasteiger partial charge on any atom is -0.451 e. The summed E-state index contributed by atoms with van der Waals surface area (Å²) >= 11 is 1.49. The predicted molar refractivity (Wildman–Crippen MR) is 100 cm³/mol. The maximum Gasteiger partial charge on any atom is 0.324 e. The molecule has 2 N–H and O–H groups in total. The van der Waals surface area contributed by atoms with Crippen LogP contribution in [0.4, 0.5) is 0 Å². The van der Waals surface area contributed by atoms with Crippen LogP contribution < -0.4 is 10.0 Å². The van der Waals surface area contributed by atoms with E-state index in [0.717, 1.165) is 12.8 Å². The van der Waals surface area contributed by atoms with E-state index in [0.29, 0.717) is 5.75 Å². The molecule has 0 heterocycles. The number of carbonyl (C=O) groups excluding carboxylic acids is 2. The van der Waals surface area contributed by atoms with Crippen LogP contribution in [0.2, 0.25) is 0 Å². The third kappa shape index (κ3) is 6.30. The molecule has 0 radical (unpaired) electrons. The van der Waals surface area contributed by atoms with Gasteiger partial charge < -0.3 is 10.1 Å². The van der Waals surface area contributed by atoms with Crippen molar-refractivity contribution >= 4 is 33.7 Å². The fourth-order valence-electron chi connectivity index (χ4n) is 2.17. The molecule has 0 unspecified atom stereocenters. The first-order valence-electron chi connectivity index (χ1n) is 8.40. The van der Waals surface area contributed by atoms with Crippen LogP contribution in [0.25, 0.3) is 0 Å². The van der Waals surface area contributed by atoms with Crippen molar-refractivity contribution in [1.82, 2.24) is 10.0 Å². The molecule has 1 saturated carbocycles. The lowest BCUT2D eigenvalue weighted by atomic mass is 10.2. The average Bonchev–Trinajstić information content (AvgIpc) is 3.43. The number of ether oxygens (including phenoxy) is 1. The third-order valence-corrected chi connectivity index (χ3v) is 5.96. The Morgan fingerprint density at radius 1 is 1.27 bits per heavy atom. The van der Waals surface area contributed by atoms with Crippen molar-refractivity contribution in [1.29, 1.82) is 0 Å². The molecule has 1 aliphatic carbocycles. The Hall–Kier alpha value is -1.58. The highest BCUT2D eigenvalue weighted by molar-refractivity contribution is 7.98. The molecule has 26 heavy (non-hydrogen) atoms. The standard InChI is InChI=1S/C17H24N2O5S2/c1-12(16(20)18-13-8-9-13)24-17(21)15(10-11-25-2)19-26(22,23)14-6-4-3-5-7-14/h3-7,12-13,15,19H,8-11H2,1-2H3,(H,18,20)/t12-,15-/m1/s1. The van der Waals surface area contributed by atoms with E-state index in [9.17, 15) is 18.0 Å². The topological polar surface area (TPSA) is 102 Å². The lowest BCUT2D eigenvalue weighted by Gasteiger charge is -2.20. The fraction of sp³-hybridized carbons (Fsp3) is 0.529. The maximum absolute atomic E-state index is 12.5. The third-order valence-electron chi connectivity index (χ3n) is 3.83. The van der Waals surface area contributed by atoms with Crippen LogP contribution in [0.1, 0.15) is 26.2 Å². The molecule has 1 aromatic carbocycles. The van der Waals surface area contributed by atoms with Crippen LogP contribution in [0.15, 0.2) is 35.2 Å². The molecule has 0 spiro atoms. The number of hydrogen-bond acceptors (Lipinski definition) is 6. The number of thioether (sulfide) groups is 1. The van der Waals surface area contributed by atoms with E-state index in [2.05, 4.69) is 10.0 Å². The highest BCUT2D eigenvalue weighted by atomic mass is 32.2. The van der Waals surface area contributed by atoms with Gasteiger partial charge in [0.05, 0.1) is 4.90 Å². The highest BCUT2D eigenvalue weighted by Gasteiger charge is 2.31. The number of sulfonamides is 1. The number of nitrogens with one attached hydrogen (secondary N) is 2. The zero-order chi connectivity index (χ0) is 19.2. The fourth-order valence-corrected chi connectivity index (χ4v) is 3.88. The van der Waals surface area contributed by atoms with Gasteiger partial charge in [-0.3, -0.25) is 9.59 Å². The molecule has 0 saturated heterocycles. The van der Waals surface area contributed by atoms with Crippen molar-refractivity contribution < 1.29 is 22.7 Å². The number of esters is 1. The monoisotopic (exact) mass is 400 g/mol. The van der Waals surface area contributed by atoms with Gasteiger partial charge in [0.1, 0.15) is 6.04 Å². The van der Waals surface area contributed by atoms with E-state index in [-0.39, 0.29) is 23.3 Å². The summed E-state index contributed by atoms with van der Waals surface area (Å²) in [6.07, 6.45) is 3.02. The van der Waals surface area contributed by atoms with Gasteiger partial charge in [-0.25, -0.2) is 8.42 Å². The van der Waals surface area contributed by atoms with Crippen LogP contribution in [-0.2, 0) is 24.3 Å². The smallest absolute Gasteiger partial charge is 0.324 e. The number of hydrogen-bond donors (Lipinski definition) is 2. The van der Waals surface area contributed by atoms with Gasteiger partial charge in [0.15, 0.2) is 6.10 Å². The molecule has 144 valence electrons. The van der Waals surface area contributed by atoms with Crippen LogP contribution in [0.3, 0.4) is 0 Å². The van der Waals surface area contributed by atoms with Gasteiger partial charge in [0, 0.05) is 6.04 Å². The summed E-state index contributed by atoms with van der Waals surface area (Å²) in [7, 11) is -3.86. The summed E-state index contributed by atoms with van der Waals surface area (Å²) in [4.78, 5) is 24.4. The Balaban J connectivity index is 2.02. The Morgan fingerprint density at radius 3 is 2.50 bits per heavy atom. The SMILES string of the molecule is CSCC[C@@H](NS(=O)(=O)c1ccccc1)C(=O)O[C@H](C)C(=O)NC1CC1. The molecule has 1 aromatic rings. The molecule has 1 amide bonds. The van der Waals surface area contributed by atoms with E-state index in [1.165, 1.54) is 30.8 Å². The first kappa shape index (κ1) is 20.7. The quantitative estimate of drug-likeness (QED) is 0.574. The zero-order valence-corrected chi connectivity index (χ0v) is 16.4. The summed E-state index contributed by atoms with van der Waals surface area (Å²) in [5, 5.41) is 2.76. The van der Waals surface area contributed by atoms with E-state index in [1.807, 2.05) is 6.26 Å². The van der Waals surface area contributed by atoms with Gasteiger partial charge in [0.25, 0.3) is 5.91 Å². The Bertz CT molecular complexity index is 720. The number of rotatable bonds is 10. The van der Waals surface area contributed by atoms with Gasteiger partial charge in [0.2, 0.25) is 10.0 Å². The molecule has 1 aliphatic rings. The van der Waals surface area contributed by atoms with Crippen molar-refractivity contribution in [2.24, 2.45) is 0 Å². The van der Waals surface area contributed by atoms with E-state index >= 15 is 0 Å². The van der Waals surface area contributed by atoms with Crippen molar-refractivity contribution in [2.45, 2.75) is 49.3 Å². The van der Waals surface area contributed by atoms with Gasteiger partial charge in [-0.15, -0.1) is 0 Å². The summed E-state index contributed by atoms with van der Waals surface area (Å²) in [5.41, 5.74) is 0. The van der Waals surface area contributed by atoms with Crippen molar-refractivity contribution in [3.63, 3.8) is 0 Å². The molecule has 7 nitrogen and oxygen atoms in total. The van der Waals surface area contributed by atoms with Crippen molar-refractivity contribution in [3.05, 3.63) is 30.3 Å². The van der Waals surface area contributed by atoms with Gasteiger partial charge in [-0.2, -0.15) is 16.5 Å². The van der Waals surface area contributed by atoms with E-state index < -0.39 is 28.1 Å². The van der Waals surface area contributed by atoms with Gasteiger partial charge >= 0.3 is 5.97 Å². The summed E-state index contributed by atoms with van der Waals surface area (Å²) in [5.74, 6) is -0.549. The molecule has 0 aromatic heterocycles. The number of carbonyl (C=O) groups is 2. The lowest BCUT2D eigenvalue weighted by molar-refractivity contribution is -0.156. The molecule has 1 fully saturated rings. The second-order valence-corrected chi connectivity index (χ2v) is 8.83. The Labute approximate surface area is 158 Å². The Kier molecular flexibility index (Phi) is 7.48. The van der Waals surface area contributed by atoms with Gasteiger partial charge in [-0.05, 0) is 50.3 Å². The molecule has 9 heteroatoms. The Morgan fingerprint density at radius 2 is 1.92 bits per heavy atom. The summed E-state index contributed by atoms with van der Waals surface area (Å²) in [6.45, 7) is 1.48. The summed E-state index contributed by atoms with van der Waals surface area (Å²) < 4.78 is 32.5. The summed E-state index contributed by atoms with van der Waals surface area (Å²) in [6, 6.07) is 6.92. The second-order valence-electron chi connectivity index (χ2n) is 6.13. The van der Waals surface area contributed by atoms with E-state index in [1.54, 1.807) is 18.2 Å².